The second kappa shape index (κ2) is 11.5. The van der Waals surface area contributed by atoms with Gasteiger partial charge in [-0.2, -0.15) is 0 Å². The van der Waals surface area contributed by atoms with E-state index >= 15 is 0 Å². The maximum atomic E-state index is 14.3. The molecule has 3 aliphatic rings. The van der Waals surface area contributed by atoms with Gasteiger partial charge < -0.3 is 9.64 Å². The topological polar surface area (TPSA) is 46.6 Å². The molecule has 0 N–H and O–H groups in total. The van der Waals surface area contributed by atoms with E-state index in [1.165, 1.54) is 0 Å². The Labute approximate surface area is 271 Å². The van der Waals surface area contributed by atoms with Gasteiger partial charge in [-0.05, 0) is 62.9 Å². The average molecular weight is 704 g/mol. The van der Waals surface area contributed by atoms with Crippen molar-refractivity contribution in [1.82, 2.24) is 4.90 Å². The molecule has 0 saturated carbocycles. The Hall–Kier alpha value is -2.96. The molecule has 0 radical (unpaired) electrons. The number of rotatable bonds is 6. The van der Waals surface area contributed by atoms with Crippen LogP contribution in [-0.2, 0) is 22.7 Å². The van der Waals surface area contributed by atoms with Crippen molar-refractivity contribution in [2.24, 2.45) is 10.8 Å². The first kappa shape index (κ1) is 30.1. The van der Waals surface area contributed by atoms with E-state index in [2.05, 4.69) is 76.6 Å². The van der Waals surface area contributed by atoms with Crippen molar-refractivity contribution in [2.75, 3.05) is 0 Å². The highest BCUT2D eigenvalue weighted by molar-refractivity contribution is 9.11. The molecule has 4 nitrogen and oxygen atoms in total. The minimum absolute atomic E-state index is 0.114. The van der Waals surface area contributed by atoms with Crippen LogP contribution in [0, 0.1) is 10.8 Å². The Morgan fingerprint density at radius 3 is 1.79 bits per heavy atom. The fourth-order valence-corrected chi connectivity index (χ4v) is 8.37. The Bertz CT molecular complexity index is 1600. The molecule has 0 unspecified atom stereocenters. The summed E-state index contributed by atoms with van der Waals surface area (Å²) in [6.45, 7) is 9.70. The predicted octanol–water partition coefficient (Wildman–Crippen LogP) is 9.68. The summed E-state index contributed by atoms with van der Waals surface area (Å²) < 4.78 is 8.20. The van der Waals surface area contributed by atoms with Gasteiger partial charge in [0.2, 0.25) is 0 Å². The Kier molecular flexibility index (Phi) is 8.06. The molecule has 3 aromatic carbocycles. The van der Waals surface area contributed by atoms with Crippen molar-refractivity contribution in [1.29, 1.82) is 0 Å². The predicted molar refractivity (Wildman–Crippen MR) is 177 cm³/mol. The van der Waals surface area contributed by atoms with Crippen LogP contribution >= 0.6 is 31.9 Å². The molecule has 0 amide bonds. The van der Waals surface area contributed by atoms with E-state index in [4.69, 9.17) is 4.74 Å². The van der Waals surface area contributed by atoms with Crippen LogP contribution in [0.1, 0.15) is 76.0 Å². The van der Waals surface area contributed by atoms with Gasteiger partial charge in [0.25, 0.3) is 0 Å². The number of carbonyl (C=O) groups excluding carboxylic acids is 2. The zero-order valence-electron chi connectivity index (χ0n) is 25.2. The standard InChI is InChI=1S/C37H37Br2NO3/c1-36(2)17-28-33(30(41)19-36)32(26-15-25(38)16-27(39)35(26)43-22-24-13-9-6-10-14-24)34-29(18-37(3,4)20-31(34)42)40(28)21-23-11-7-5-8-12-23/h5-16,32H,17-22H2,1-4H3. The van der Waals surface area contributed by atoms with E-state index in [1.807, 2.05) is 60.7 Å². The van der Waals surface area contributed by atoms with E-state index in [1.54, 1.807) is 0 Å². The van der Waals surface area contributed by atoms with Crippen LogP contribution in [0.3, 0.4) is 0 Å². The summed E-state index contributed by atoms with van der Waals surface area (Å²) in [6, 6.07) is 24.4. The number of Topliss-reactive ketones (excluding diaryl/α,β-unsaturated/α-hetero) is 2. The van der Waals surface area contributed by atoms with Gasteiger partial charge in [0.1, 0.15) is 12.4 Å². The van der Waals surface area contributed by atoms with Crippen LogP contribution in [0.25, 0.3) is 0 Å². The molecule has 6 heteroatoms. The molecule has 0 saturated heterocycles. The first-order valence-corrected chi connectivity index (χ1v) is 16.5. The Morgan fingerprint density at radius 1 is 0.744 bits per heavy atom. The highest BCUT2D eigenvalue weighted by Crippen LogP contribution is 2.56. The first-order chi connectivity index (χ1) is 20.4. The van der Waals surface area contributed by atoms with E-state index in [9.17, 15) is 9.59 Å². The van der Waals surface area contributed by atoms with Crippen LogP contribution in [0.5, 0.6) is 5.75 Å². The lowest BCUT2D eigenvalue weighted by Gasteiger charge is -2.49. The van der Waals surface area contributed by atoms with Crippen molar-refractivity contribution in [3.63, 3.8) is 0 Å². The third kappa shape index (κ3) is 6.06. The molecule has 43 heavy (non-hydrogen) atoms. The number of benzene rings is 3. The molecule has 0 aromatic heterocycles. The normalized spacial score (nSPS) is 19.8. The monoisotopic (exact) mass is 701 g/mol. The number of allylic oxidation sites excluding steroid dienone is 4. The quantitative estimate of drug-likeness (QED) is 0.257. The molecule has 222 valence electrons. The number of carbonyl (C=O) groups is 2. The Balaban J connectivity index is 1.58. The van der Waals surface area contributed by atoms with Gasteiger partial charge >= 0.3 is 0 Å². The molecule has 0 spiro atoms. The smallest absolute Gasteiger partial charge is 0.162 e. The summed E-state index contributed by atoms with van der Waals surface area (Å²) in [7, 11) is 0. The van der Waals surface area contributed by atoms with Gasteiger partial charge in [-0.3, -0.25) is 9.59 Å². The van der Waals surface area contributed by atoms with Gasteiger partial charge in [-0.25, -0.2) is 0 Å². The number of ether oxygens (including phenoxy) is 1. The molecule has 1 heterocycles. The lowest BCUT2D eigenvalue weighted by Crippen LogP contribution is -2.44. The summed E-state index contributed by atoms with van der Waals surface area (Å²) in [5, 5.41) is 0. The molecule has 0 bridgehead atoms. The van der Waals surface area contributed by atoms with Crippen molar-refractivity contribution in [3.8, 4) is 5.75 Å². The molecule has 1 aliphatic heterocycles. The van der Waals surface area contributed by atoms with Crippen molar-refractivity contribution < 1.29 is 14.3 Å². The van der Waals surface area contributed by atoms with Gasteiger partial charge in [-0.1, -0.05) is 104 Å². The molecular formula is C37H37Br2NO3. The van der Waals surface area contributed by atoms with E-state index in [0.717, 1.165) is 61.0 Å². The third-order valence-electron chi connectivity index (χ3n) is 8.78. The van der Waals surface area contributed by atoms with Crippen LogP contribution < -0.4 is 4.74 Å². The minimum Gasteiger partial charge on any atom is -0.487 e. The fraction of sp³-hybridized carbons (Fsp3) is 0.351. The number of hydrogen-bond acceptors (Lipinski definition) is 4. The first-order valence-electron chi connectivity index (χ1n) is 14.9. The van der Waals surface area contributed by atoms with E-state index in [-0.39, 0.29) is 22.4 Å². The summed E-state index contributed by atoms with van der Waals surface area (Å²) in [5.41, 5.74) is 6.26. The zero-order valence-corrected chi connectivity index (χ0v) is 28.3. The molecular weight excluding hydrogens is 666 g/mol. The van der Waals surface area contributed by atoms with E-state index < -0.39 is 5.92 Å². The maximum Gasteiger partial charge on any atom is 0.162 e. The zero-order chi connectivity index (χ0) is 30.5. The minimum atomic E-state index is -0.496. The average Bonchev–Trinajstić information content (AvgIpc) is 2.93. The maximum absolute atomic E-state index is 14.3. The van der Waals surface area contributed by atoms with Crippen LogP contribution in [0.2, 0.25) is 0 Å². The summed E-state index contributed by atoms with van der Waals surface area (Å²) >= 11 is 7.48. The summed E-state index contributed by atoms with van der Waals surface area (Å²) in [6.07, 6.45) is 2.41. The van der Waals surface area contributed by atoms with Gasteiger partial charge in [-0.15, -0.1) is 0 Å². The summed E-state index contributed by atoms with van der Waals surface area (Å²) in [4.78, 5) is 30.9. The number of ketones is 2. The molecule has 0 atom stereocenters. The molecule has 2 aliphatic carbocycles. The van der Waals surface area contributed by atoms with Crippen molar-refractivity contribution >= 4 is 43.4 Å². The second-order valence-electron chi connectivity index (χ2n) is 13.7. The lowest BCUT2D eigenvalue weighted by atomic mass is 9.63. The van der Waals surface area contributed by atoms with Gasteiger partial charge in [0.05, 0.1) is 4.47 Å². The molecule has 6 rings (SSSR count). The highest BCUT2D eigenvalue weighted by Gasteiger charge is 2.49. The van der Waals surface area contributed by atoms with Crippen LogP contribution in [-0.4, -0.2) is 16.5 Å². The van der Waals surface area contributed by atoms with E-state index in [0.29, 0.717) is 31.7 Å². The van der Waals surface area contributed by atoms with Crippen LogP contribution in [0.15, 0.2) is 104 Å². The third-order valence-corrected chi connectivity index (χ3v) is 9.83. The molecule has 3 aromatic rings. The SMILES string of the molecule is CC1(C)CC(=O)C2=C(C1)N(Cc1ccccc1)C1=C(C(=O)CC(C)(C)C1)C2c1cc(Br)cc(Br)c1OCc1ccccc1. The van der Waals surface area contributed by atoms with Crippen LogP contribution in [0.4, 0.5) is 0 Å². The fourth-order valence-electron chi connectivity index (χ4n) is 6.99. The van der Waals surface area contributed by atoms with Crippen molar-refractivity contribution in [2.45, 2.75) is 72.4 Å². The second-order valence-corrected chi connectivity index (χ2v) is 15.5. The van der Waals surface area contributed by atoms with Gasteiger partial charge in [0, 0.05) is 57.9 Å². The van der Waals surface area contributed by atoms with Crippen molar-refractivity contribution in [3.05, 3.63) is 121 Å². The largest absolute Gasteiger partial charge is 0.487 e. The number of nitrogens with zero attached hydrogens (tertiary/aromatic N) is 1. The number of halogens is 2. The summed E-state index contributed by atoms with van der Waals surface area (Å²) in [5.74, 6) is 0.401. The number of hydrogen-bond donors (Lipinski definition) is 0. The van der Waals surface area contributed by atoms with Gasteiger partial charge in [0.15, 0.2) is 11.6 Å². The Morgan fingerprint density at radius 2 is 1.26 bits per heavy atom. The molecule has 0 fully saturated rings. The highest BCUT2D eigenvalue weighted by atomic mass is 79.9. The lowest BCUT2D eigenvalue weighted by molar-refractivity contribution is -0.119.